The van der Waals surface area contributed by atoms with Gasteiger partial charge in [0.05, 0.1) is 0 Å². The molecule has 2 rings (SSSR count). The van der Waals surface area contributed by atoms with Crippen molar-refractivity contribution in [3.63, 3.8) is 0 Å². The number of aromatic nitrogens is 2. The number of esters is 1. The third-order valence-electron chi connectivity index (χ3n) is 4.79. The molecule has 2 aromatic rings. The quantitative estimate of drug-likeness (QED) is 0.279. The van der Waals surface area contributed by atoms with Crippen molar-refractivity contribution in [1.29, 1.82) is 0 Å². The minimum atomic E-state index is -0.591. The molecule has 0 aliphatic carbocycles. The van der Waals surface area contributed by atoms with Crippen LogP contribution in [-0.4, -0.2) is 29.2 Å². The molecule has 0 N–H and O–H groups in total. The zero-order chi connectivity index (χ0) is 20.2. The number of hydrogen-bond donors (Lipinski definition) is 0. The molecule has 0 aliphatic rings. The summed E-state index contributed by atoms with van der Waals surface area (Å²) in [5, 5.41) is 0. The first-order valence-electron chi connectivity index (χ1n) is 10.3. The van der Waals surface area contributed by atoms with Crippen LogP contribution in [0.4, 0.5) is 0 Å². The van der Waals surface area contributed by atoms with Crippen LogP contribution in [0, 0.1) is 0 Å². The number of hydrogen-bond acceptors (Lipinski definition) is 5. The number of benzene rings is 1. The van der Waals surface area contributed by atoms with Crippen molar-refractivity contribution in [1.82, 2.24) is 9.97 Å². The summed E-state index contributed by atoms with van der Waals surface area (Å²) in [5.74, 6) is 0.737. The highest BCUT2D eigenvalue weighted by Crippen LogP contribution is 2.20. The van der Waals surface area contributed by atoms with Crippen molar-refractivity contribution in [3.8, 4) is 17.1 Å². The Labute approximate surface area is 168 Å². The van der Waals surface area contributed by atoms with Gasteiger partial charge in [0, 0.05) is 25.1 Å². The highest BCUT2D eigenvalue weighted by molar-refractivity contribution is 5.77. The Bertz CT molecular complexity index is 699. The molecule has 0 aliphatic heterocycles. The summed E-state index contributed by atoms with van der Waals surface area (Å²) < 4.78 is 10.2. The molecule has 28 heavy (non-hydrogen) atoms. The highest BCUT2D eigenvalue weighted by Gasteiger charge is 2.14. The van der Waals surface area contributed by atoms with Gasteiger partial charge in [0.15, 0.2) is 11.9 Å². The predicted molar refractivity (Wildman–Crippen MR) is 111 cm³/mol. The number of ether oxygens (including phenoxy) is 2. The molecule has 1 aromatic carbocycles. The number of carbonyl (C=O) groups is 1. The first-order chi connectivity index (χ1) is 13.6. The zero-order valence-corrected chi connectivity index (χ0v) is 17.3. The summed E-state index contributed by atoms with van der Waals surface area (Å²) in [6.45, 7) is 3.90. The fraction of sp³-hybridized carbons (Fsp3) is 0.522. The fourth-order valence-corrected chi connectivity index (χ4v) is 2.89. The van der Waals surface area contributed by atoms with E-state index in [0.29, 0.717) is 11.6 Å². The Kier molecular flexibility index (Phi) is 9.63. The van der Waals surface area contributed by atoms with E-state index in [1.54, 1.807) is 19.1 Å². The number of carbonyl (C=O) groups excluding carboxylic acids is 1. The molecule has 5 nitrogen and oxygen atoms in total. The lowest BCUT2D eigenvalue weighted by Crippen LogP contribution is -2.24. The van der Waals surface area contributed by atoms with Crippen LogP contribution in [0.3, 0.4) is 0 Å². The molecule has 1 aromatic heterocycles. The number of aryl methyl sites for hydroxylation is 1. The Balaban J connectivity index is 1.80. The number of rotatable bonds is 12. The van der Waals surface area contributed by atoms with Crippen molar-refractivity contribution in [2.24, 2.45) is 0 Å². The topological polar surface area (TPSA) is 61.3 Å². The van der Waals surface area contributed by atoms with Gasteiger partial charge in [-0.15, -0.1) is 0 Å². The van der Waals surface area contributed by atoms with Crippen LogP contribution in [0.25, 0.3) is 11.4 Å². The van der Waals surface area contributed by atoms with E-state index in [0.717, 1.165) is 12.0 Å². The molecule has 0 radical (unpaired) electrons. The smallest absolute Gasteiger partial charge is 0.340 e. The molecule has 0 amide bonds. The van der Waals surface area contributed by atoms with E-state index in [1.807, 2.05) is 24.5 Å². The Morgan fingerprint density at radius 1 is 0.964 bits per heavy atom. The summed E-state index contributed by atoms with van der Waals surface area (Å²) in [6, 6.07) is 7.19. The van der Waals surface area contributed by atoms with Gasteiger partial charge in [-0.1, -0.05) is 45.4 Å². The van der Waals surface area contributed by atoms with Crippen molar-refractivity contribution in [2.75, 3.05) is 7.11 Å². The number of methoxy groups -OCH3 is 1. The standard InChI is InChI=1S/C23H32N2O3/c1-4-5-6-7-8-9-10-11-19-16-24-22(25-17-19)20-12-14-21(15-13-20)28-23(26)18(2)27-3/h12-18H,4-11H2,1-3H3. The summed E-state index contributed by atoms with van der Waals surface area (Å²) in [7, 11) is 1.48. The number of unbranched alkanes of at least 4 members (excludes halogenated alkanes) is 6. The van der Waals surface area contributed by atoms with Crippen LogP contribution in [0.2, 0.25) is 0 Å². The lowest BCUT2D eigenvalue weighted by Gasteiger charge is -2.09. The van der Waals surface area contributed by atoms with Gasteiger partial charge in [0.1, 0.15) is 5.75 Å². The molecule has 0 spiro atoms. The highest BCUT2D eigenvalue weighted by atomic mass is 16.6. The van der Waals surface area contributed by atoms with E-state index >= 15 is 0 Å². The lowest BCUT2D eigenvalue weighted by molar-refractivity contribution is -0.144. The molecule has 152 valence electrons. The van der Waals surface area contributed by atoms with E-state index in [2.05, 4.69) is 16.9 Å². The second-order valence-corrected chi connectivity index (χ2v) is 7.11. The first kappa shape index (κ1) is 22.0. The molecule has 1 atom stereocenters. The normalized spacial score (nSPS) is 12.0. The van der Waals surface area contributed by atoms with E-state index in [9.17, 15) is 4.79 Å². The summed E-state index contributed by atoms with van der Waals surface area (Å²) in [5.41, 5.74) is 2.07. The van der Waals surface area contributed by atoms with Gasteiger partial charge in [-0.05, 0) is 49.6 Å². The maximum atomic E-state index is 11.7. The van der Waals surface area contributed by atoms with Crippen LogP contribution in [0.1, 0.15) is 64.4 Å². The fourth-order valence-electron chi connectivity index (χ4n) is 2.89. The van der Waals surface area contributed by atoms with Crippen molar-refractivity contribution < 1.29 is 14.3 Å². The predicted octanol–water partition coefficient (Wildman–Crippen LogP) is 5.38. The summed E-state index contributed by atoms with van der Waals surface area (Å²) in [6.07, 6.45) is 13.4. The van der Waals surface area contributed by atoms with Crippen LogP contribution < -0.4 is 4.74 Å². The monoisotopic (exact) mass is 384 g/mol. The maximum Gasteiger partial charge on any atom is 0.340 e. The molecule has 0 bridgehead atoms. The van der Waals surface area contributed by atoms with Gasteiger partial charge in [0.2, 0.25) is 0 Å². The average molecular weight is 385 g/mol. The second kappa shape index (κ2) is 12.2. The lowest BCUT2D eigenvalue weighted by atomic mass is 10.1. The molecule has 0 saturated carbocycles. The Morgan fingerprint density at radius 3 is 2.18 bits per heavy atom. The summed E-state index contributed by atoms with van der Waals surface area (Å²) in [4.78, 5) is 20.7. The van der Waals surface area contributed by atoms with Crippen molar-refractivity contribution in [3.05, 3.63) is 42.2 Å². The Morgan fingerprint density at radius 2 is 1.57 bits per heavy atom. The van der Waals surface area contributed by atoms with Gasteiger partial charge in [-0.25, -0.2) is 14.8 Å². The van der Waals surface area contributed by atoms with Crippen LogP contribution in [0.15, 0.2) is 36.7 Å². The first-order valence-corrected chi connectivity index (χ1v) is 10.3. The largest absolute Gasteiger partial charge is 0.425 e. The second-order valence-electron chi connectivity index (χ2n) is 7.11. The minimum absolute atomic E-state index is 0.416. The van der Waals surface area contributed by atoms with Crippen LogP contribution in [-0.2, 0) is 16.0 Å². The van der Waals surface area contributed by atoms with E-state index in [-0.39, 0.29) is 0 Å². The van der Waals surface area contributed by atoms with E-state index < -0.39 is 12.1 Å². The molecular formula is C23H32N2O3. The van der Waals surface area contributed by atoms with Crippen LogP contribution >= 0.6 is 0 Å². The summed E-state index contributed by atoms with van der Waals surface area (Å²) >= 11 is 0. The van der Waals surface area contributed by atoms with Gasteiger partial charge in [0.25, 0.3) is 0 Å². The molecule has 1 unspecified atom stereocenters. The zero-order valence-electron chi connectivity index (χ0n) is 17.3. The molecule has 5 heteroatoms. The van der Waals surface area contributed by atoms with Gasteiger partial charge >= 0.3 is 5.97 Å². The van der Waals surface area contributed by atoms with Crippen molar-refractivity contribution in [2.45, 2.75) is 71.3 Å². The van der Waals surface area contributed by atoms with E-state index in [4.69, 9.17) is 9.47 Å². The molecule has 0 fully saturated rings. The Hall–Kier alpha value is -2.27. The SMILES string of the molecule is CCCCCCCCCc1cnc(-c2ccc(OC(=O)C(C)OC)cc2)nc1. The average Bonchev–Trinajstić information content (AvgIpc) is 2.73. The van der Waals surface area contributed by atoms with Gasteiger partial charge in [-0.3, -0.25) is 0 Å². The third-order valence-corrected chi connectivity index (χ3v) is 4.79. The molecule has 1 heterocycles. The van der Waals surface area contributed by atoms with Crippen LogP contribution in [0.5, 0.6) is 5.75 Å². The third kappa shape index (κ3) is 7.39. The maximum absolute atomic E-state index is 11.7. The van der Waals surface area contributed by atoms with Gasteiger partial charge in [-0.2, -0.15) is 0 Å². The number of nitrogens with zero attached hydrogens (tertiary/aromatic N) is 2. The van der Waals surface area contributed by atoms with Crippen molar-refractivity contribution >= 4 is 5.97 Å². The minimum Gasteiger partial charge on any atom is -0.425 e. The molecular weight excluding hydrogens is 352 g/mol. The van der Waals surface area contributed by atoms with Gasteiger partial charge < -0.3 is 9.47 Å². The molecule has 0 saturated heterocycles. The van der Waals surface area contributed by atoms with E-state index in [1.165, 1.54) is 57.6 Å².